The van der Waals surface area contributed by atoms with Crippen LogP contribution >= 0.6 is 22.9 Å². The Morgan fingerprint density at radius 3 is 2.45 bits per heavy atom. The van der Waals surface area contributed by atoms with Crippen LogP contribution in [0.15, 0.2) is 69.7 Å². The van der Waals surface area contributed by atoms with E-state index < -0.39 is 10.0 Å². The van der Waals surface area contributed by atoms with Gasteiger partial charge in [-0.2, -0.15) is 4.31 Å². The lowest BCUT2D eigenvalue weighted by Crippen LogP contribution is -2.32. The molecule has 8 heteroatoms. The van der Waals surface area contributed by atoms with Crippen molar-refractivity contribution in [3.63, 3.8) is 0 Å². The summed E-state index contributed by atoms with van der Waals surface area (Å²) in [5.41, 5.74) is 2.99. The molecule has 2 aromatic heterocycles. The molecule has 0 saturated heterocycles. The van der Waals surface area contributed by atoms with Crippen LogP contribution in [-0.2, 0) is 23.1 Å². The second kappa shape index (κ2) is 8.59. The van der Waals surface area contributed by atoms with Crippen LogP contribution in [0.25, 0.3) is 10.9 Å². The average Bonchev–Trinajstić information content (AvgIpc) is 3.23. The average molecular weight is 473 g/mol. The van der Waals surface area contributed by atoms with Crippen molar-refractivity contribution in [3.8, 4) is 0 Å². The molecule has 0 aliphatic heterocycles. The highest BCUT2D eigenvalue weighted by atomic mass is 35.5. The number of H-pyrrole nitrogens is 1. The minimum absolute atomic E-state index is 0.0249. The maximum absolute atomic E-state index is 13.5. The zero-order valence-corrected chi connectivity index (χ0v) is 19.4. The maximum Gasteiger partial charge on any atom is 0.252 e. The van der Waals surface area contributed by atoms with E-state index in [0.29, 0.717) is 5.56 Å². The predicted octanol–water partition coefficient (Wildman–Crippen LogP) is 5.25. The Hall–Kier alpha value is -2.45. The molecule has 0 radical (unpaired) electrons. The fourth-order valence-electron chi connectivity index (χ4n) is 3.42. The van der Waals surface area contributed by atoms with E-state index in [1.54, 1.807) is 24.3 Å². The van der Waals surface area contributed by atoms with Gasteiger partial charge in [0.1, 0.15) is 4.90 Å². The molecular weight excluding hydrogens is 452 g/mol. The summed E-state index contributed by atoms with van der Waals surface area (Å²) in [7, 11) is -3.94. The van der Waals surface area contributed by atoms with Gasteiger partial charge in [0.15, 0.2) is 0 Å². The number of halogens is 1. The van der Waals surface area contributed by atoms with E-state index in [9.17, 15) is 13.2 Å². The summed E-state index contributed by atoms with van der Waals surface area (Å²) in [4.78, 5) is 16.6. The number of aryl methyl sites for hydroxylation is 2. The summed E-state index contributed by atoms with van der Waals surface area (Å²) in [6, 6.07) is 15.8. The van der Waals surface area contributed by atoms with Crippen LogP contribution in [0.4, 0.5) is 0 Å². The summed E-state index contributed by atoms with van der Waals surface area (Å²) < 4.78 is 28.3. The van der Waals surface area contributed by atoms with Gasteiger partial charge >= 0.3 is 0 Å². The monoisotopic (exact) mass is 472 g/mol. The standard InChI is InChI=1S/C23H21ClN2O3S2/c1-15-10-17-12-18(23(27)25-21(17)11-16(15)2)13-26(14-19-6-5-9-30-19)31(28,29)22-8-4-3-7-20(22)24/h3-12H,13-14H2,1-2H3,(H,25,27). The van der Waals surface area contributed by atoms with Crippen molar-refractivity contribution in [3.05, 3.63) is 96.9 Å². The molecule has 4 rings (SSSR count). The van der Waals surface area contributed by atoms with Crippen LogP contribution in [0, 0.1) is 13.8 Å². The zero-order valence-electron chi connectivity index (χ0n) is 17.1. The van der Waals surface area contributed by atoms with Crippen molar-refractivity contribution < 1.29 is 8.42 Å². The highest BCUT2D eigenvalue weighted by Crippen LogP contribution is 2.28. The number of fused-ring (bicyclic) bond motifs is 1. The van der Waals surface area contributed by atoms with Gasteiger partial charge in [0, 0.05) is 29.0 Å². The van der Waals surface area contributed by atoms with Gasteiger partial charge in [0.25, 0.3) is 5.56 Å². The fourth-order valence-corrected chi connectivity index (χ4v) is 6.12. The van der Waals surface area contributed by atoms with E-state index in [-0.39, 0.29) is 28.6 Å². The normalized spacial score (nSPS) is 12.0. The van der Waals surface area contributed by atoms with Crippen LogP contribution in [0.2, 0.25) is 5.02 Å². The highest BCUT2D eigenvalue weighted by molar-refractivity contribution is 7.89. The number of benzene rings is 2. The first-order valence-corrected chi connectivity index (χ1v) is 12.4. The molecule has 2 aromatic carbocycles. The number of thiophene rings is 1. The number of hydrogen-bond acceptors (Lipinski definition) is 4. The molecule has 0 atom stereocenters. The molecule has 160 valence electrons. The Kier molecular flexibility index (Phi) is 6.03. The number of sulfonamides is 1. The lowest BCUT2D eigenvalue weighted by Gasteiger charge is -2.22. The van der Waals surface area contributed by atoms with Gasteiger partial charge in [-0.3, -0.25) is 4.79 Å². The lowest BCUT2D eigenvalue weighted by molar-refractivity contribution is 0.402. The van der Waals surface area contributed by atoms with Gasteiger partial charge in [-0.1, -0.05) is 29.8 Å². The van der Waals surface area contributed by atoms with Crippen molar-refractivity contribution in [2.45, 2.75) is 31.8 Å². The number of aromatic nitrogens is 1. The van der Waals surface area contributed by atoms with Crippen molar-refractivity contribution in [2.24, 2.45) is 0 Å². The number of rotatable bonds is 6. The third kappa shape index (κ3) is 4.45. The van der Waals surface area contributed by atoms with E-state index in [4.69, 9.17) is 11.6 Å². The number of nitrogens with one attached hydrogen (secondary N) is 1. The summed E-state index contributed by atoms with van der Waals surface area (Å²) >= 11 is 7.67. The Balaban J connectivity index is 1.80. The molecule has 2 heterocycles. The van der Waals surface area contributed by atoms with Crippen molar-refractivity contribution in [1.82, 2.24) is 9.29 Å². The molecule has 31 heavy (non-hydrogen) atoms. The second-order valence-electron chi connectivity index (χ2n) is 7.43. The first kappa shape index (κ1) is 21.8. The van der Waals surface area contributed by atoms with Crippen LogP contribution < -0.4 is 5.56 Å². The van der Waals surface area contributed by atoms with Crippen LogP contribution in [0.5, 0.6) is 0 Å². The van der Waals surface area contributed by atoms with Crippen LogP contribution in [-0.4, -0.2) is 17.7 Å². The number of nitrogens with zero attached hydrogens (tertiary/aromatic N) is 1. The third-order valence-electron chi connectivity index (χ3n) is 5.25. The Morgan fingerprint density at radius 2 is 1.74 bits per heavy atom. The smallest absolute Gasteiger partial charge is 0.252 e. The SMILES string of the molecule is Cc1cc2cc(CN(Cc3cccs3)S(=O)(=O)c3ccccc3Cl)c(=O)[nH]c2cc1C. The Labute approximate surface area is 190 Å². The van der Waals surface area contributed by atoms with E-state index in [0.717, 1.165) is 26.9 Å². The van der Waals surface area contributed by atoms with Gasteiger partial charge in [-0.05, 0) is 72.1 Å². The van der Waals surface area contributed by atoms with Gasteiger partial charge in [-0.25, -0.2) is 8.42 Å². The molecule has 0 bridgehead atoms. The number of hydrogen-bond donors (Lipinski definition) is 1. The molecule has 0 unspecified atom stereocenters. The fraction of sp³-hybridized carbons (Fsp3) is 0.174. The van der Waals surface area contributed by atoms with Gasteiger partial charge in [0.2, 0.25) is 10.0 Å². The molecule has 0 fully saturated rings. The Morgan fingerprint density at radius 1 is 1.00 bits per heavy atom. The highest BCUT2D eigenvalue weighted by Gasteiger charge is 2.28. The van der Waals surface area contributed by atoms with E-state index in [1.165, 1.54) is 21.7 Å². The van der Waals surface area contributed by atoms with E-state index in [1.807, 2.05) is 43.5 Å². The molecule has 0 saturated carbocycles. The maximum atomic E-state index is 13.5. The Bertz CT molecular complexity index is 1410. The molecule has 0 amide bonds. The third-order valence-corrected chi connectivity index (χ3v) is 8.40. The summed E-state index contributed by atoms with van der Waals surface area (Å²) in [6.07, 6.45) is 0. The molecular formula is C23H21ClN2O3S2. The predicted molar refractivity (Wildman–Crippen MR) is 126 cm³/mol. The van der Waals surface area contributed by atoms with Crippen molar-refractivity contribution in [2.75, 3.05) is 0 Å². The summed E-state index contributed by atoms with van der Waals surface area (Å²) in [6.45, 7) is 4.07. The van der Waals surface area contributed by atoms with Crippen molar-refractivity contribution in [1.29, 1.82) is 0 Å². The first-order chi connectivity index (χ1) is 14.8. The quantitative estimate of drug-likeness (QED) is 0.416. The van der Waals surface area contributed by atoms with Crippen LogP contribution in [0.3, 0.4) is 0 Å². The molecule has 4 aromatic rings. The van der Waals surface area contributed by atoms with Crippen LogP contribution in [0.1, 0.15) is 21.6 Å². The van der Waals surface area contributed by atoms with Gasteiger partial charge in [0.05, 0.1) is 5.02 Å². The van der Waals surface area contributed by atoms with Gasteiger partial charge in [-0.15, -0.1) is 11.3 Å². The molecule has 1 N–H and O–H groups in total. The number of aromatic amines is 1. The largest absolute Gasteiger partial charge is 0.322 e. The molecule has 0 spiro atoms. The zero-order chi connectivity index (χ0) is 22.2. The first-order valence-electron chi connectivity index (χ1n) is 9.66. The van der Waals surface area contributed by atoms with E-state index in [2.05, 4.69) is 4.98 Å². The number of pyridine rings is 1. The molecule has 0 aliphatic rings. The minimum atomic E-state index is -3.94. The molecule has 0 aliphatic carbocycles. The summed E-state index contributed by atoms with van der Waals surface area (Å²) in [5.74, 6) is 0. The lowest BCUT2D eigenvalue weighted by atomic mass is 10.1. The second-order valence-corrected chi connectivity index (χ2v) is 10.8. The molecule has 5 nitrogen and oxygen atoms in total. The van der Waals surface area contributed by atoms with Crippen molar-refractivity contribution >= 4 is 43.9 Å². The van der Waals surface area contributed by atoms with E-state index >= 15 is 0 Å². The summed E-state index contributed by atoms with van der Waals surface area (Å²) in [5, 5.41) is 2.91. The minimum Gasteiger partial charge on any atom is -0.322 e. The topological polar surface area (TPSA) is 70.2 Å². The van der Waals surface area contributed by atoms with Gasteiger partial charge < -0.3 is 4.98 Å².